The first-order chi connectivity index (χ1) is 10.0. The molecule has 1 aliphatic carbocycles. The van der Waals surface area contributed by atoms with Crippen LogP contribution in [0.1, 0.15) is 38.3 Å². The monoisotopic (exact) mass is 348 g/mol. The summed E-state index contributed by atoms with van der Waals surface area (Å²) in [4.78, 5) is 19.4. The van der Waals surface area contributed by atoms with Crippen LogP contribution in [-0.4, -0.2) is 16.1 Å². The van der Waals surface area contributed by atoms with Crippen molar-refractivity contribution >= 4 is 15.9 Å². The van der Waals surface area contributed by atoms with Crippen LogP contribution in [0.2, 0.25) is 0 Å². The Labute approximate surface area is 131 Å². The molecule has 1 aromatic heterocycles. The van der Waals surface area contributed by atoms with Crippen molar-refractivity contribution < 1.29 is 4.74 Å². The molecule has 0 bridgehead atoms. The van der Waals surface area contributed by atoms with Crippen LogP contribution < -0.4 is 10.3 Å². The van der Waals surface area contributed by atoms with Gasteiger partial charge in [0.05, 0.1) is 11.8 Å². The van der Waals surface area contributed by atoms with Gasteiger partial charge in [0.15, 0.2) is 0 Å². The topological polar surface area (TPSA) is 55.0 Å². The SMILES string of the molecule is CC(C)Oc1ccc(-c2nc(C3CC3)c(Br)c(=O)[nH]2)cc1. The largest absolute Gasteiger partial charge is 0.491 e. The number of ether oxygens (including phenoxy) is 1. The number of nitrogens with one attached hydrogen (secondary N) is 1. The summed E-state index contributed by atoms with van der Waals surface area (Å²) in [5, 5.41) is 0. The van der Waals surface area contributed by atoms with Crippen LogP contribution in [0.25, 0.3) is 11.4 Å². The Balaban J connectivity index is 1.94. The van der Waals surface area contributed by atoms with E-state index in [2.05, 4.69) is 25.9 Å². The molecule has 1 aromatic carbocycles. The Morgan fingerprint density at radius 2 is 1.95 bits per heavy atom. The smallest absolute Gasteiger partial charge is 0.265 e. The van der Waals surface area contributed by atoms with Gasteiger partial charge < -0.3 is 9.72 Å². The minimum Gasteiger partial charge on any atom is -0.491 e. The van der Waals surface area contributed by atoms with Gasteiger partial charge in [0.25, 0.3) is 5.56 Å². The number of rotatable bonds is 4. The third-order valence-electron chi connectivity index (χ3n) is 3.35. The van der Waals surface area contributed by atoms with Gasteiger partial charge >= 0.3 is 0 Å². The molecule has 21 heavy (non-hydrogen) atoms. The molecule has 5 heteroatoms. The van der Waals surface area contributed by atoms with E-state index in [4.69, 9.17) is 4.74 Å². The normalized spacial score (nSPS) is 14.5. The Morgan fingerprint density at radius 3 is 2.52 bits per heavy atom. The molecule has 1 saturated carbocycles. The summed E-state index contributed by atoms with van der Waals surface area (Å²) in [5.74, 6) is 1.85. The van der Waals surface area contributed by atoms with Gasteiger partial charge in [-0.15, -0.1) is 0 Å². The van der Waals surface area contributed by atoms with E-state index in [9.17, 15) is 4.79 Å². The molecule has 0 aliphatic heterocycles. The van der Waals surface area contributed by atoms with Gasteiger partial charge in [-0.25, -0.2) is 4.98 Å². The summed E-state index contributed by atoms with van der Waals surface area (Å²) in [5.41, 5.74) is 1.64. The lowest BCUT2D eigenvalue weighted by Crippen LogP contribution is -2.13. The molecule has 0 amide bonds. The summed E-state index contributed by atoms with van der Waals surface area (Å²) in [7, 11) is 0. The summed E-state index contributed by atoms with van der Waals surface area (Å²) in [6, 6.07) is 7.63. The zero-order valence-electron chi connectivity index (χ0n) is 12.0. The lowest BCUT2D eigenvalue weighted by Gasteiger charge is -2.10. The van der Waals surface area contributed by atoms with E-state index >= 15 is 0 Å². The number of nitrogens with zero attached hydrogens (tertiary/aromatic N) is 1. The molecular formula is C16H17BrN2O2. The highest BCUT2D eigenvalue weighted by molar-refractivity contribution is 9.10. The Morgan fingerprint density at radius 1 is 1.29 bits per heavy atom. The predicted octanol–water partition coefficient (Wildman–Crippen LogP) is 3.86. The van der Waals surface area contributed by atoms with Crippen molar-refractivity contribution in [2.75, 3.05) is 0 Å². The van der Waals surface area contributed by atoms with E-state index in [1.165, 1.54) is 0 Å². The molecule has 3 rings (SSSR count). The van der Waals surface area contributed by atoms with Crippen molar-refractivity contribution in [1.29, 1.82) is 0 Å². The van der Waals surface area contributed by atoms with E-state index in [1.54, 1.807) is 0 Å². The summed E-state index contributed by atoms with van der Waals surface area (Å²) in [6.45, 7) is 3.98. The molecule has 0 radical (unpaired) electrons. The highest BCUT2D eigenvalue weighted by Crippen LogP contribution is 2.41. The average molecular weight is 349 g/mol. The first kappa shape index (κ1) is 14.3. The van der Waals surface area contributed by atoms with Gasteiger partial charge in [-0.2, -0.15) is 0 Å². The van der Waals surface area contributed by atoms with Crippen molar-refractivity contribution in [2.45, 2.75) is 38.7 Å². The van der Waals surface area contributed by atoms with Crippen LogP contribution in [0, 0.1) is 0 Å². The van der Waals surface area contributed by atoms with E-state index < -0.39 is 0 Å². The molecule has 1 heterocycles. The number of benzene rings is 1. The first-order valence-corrected chi connectivity index (χ1v) is 7.90. The zero-order chi connectivity index (χ0) is 15.0. The molecule has 0 spiro atoms. The van der Waals surface area contributed by atoms with Gasteiger partial charge in [-0.1, -0.05) is 0 Å². The highest BCUT2D eigenvalue weighted by Gasteiger charge is 2.29. The summed E-state index contributed by atoms with van der Waals surface area (Å²) in [6.07, 6.45) is 2.36. The van der Waals surface area contributed by atoms with Crippen molar-refractivity contribution in [3.8, 4) is 17.1 Å². The molecule has 0 atom stereocenters. The first-order valence-electron chi connectivity index (χ1n) is 7.11. The quantitative estimate of drug-likeness (QED) is 0.912. The van der Waals surface area contributed by atoms with Crippen molar-refractivity contribution in [3.63, 3.8) is 0 Å². The molecule has 110 valence electrons. The number of hydrogen-bond donors (Lipinski definition) is 1. The second-order valence-electron chi connectivity index (χ2n) is 5.58. The fraction of sp³-hybridized carbons (Fsp3) is 0.375. The van der Waals surface area contributed by atoms with Gasteiger partial charge in [0, 0.05) is 11.5 Å². The van der Waals surface area contributed by atoms with Crippen LogP contribution in [0.3, 0.4) is 0 Å². The van der Waals surface area contributed by atoms with E-state index in [0.717, 1.165) is 29.8 Å². The lowest BCUT2D eigenvalue weighted by atomic mass is 10.2. The Hall–Kier alpha value is -1.62. The molecular weight excluding hydrogens is 332 g/mol. The van der Waals surface area contributed by atoms with Gasteiger partial charge in [-0.3, -0.25) is 4.79 Å². The van der Waals surface area contributed by atoms with Crippen molar-refractivity contribution in [3.05, 3.63) is 44.8 Å². The van der Waals surface area contributed by atoms with Gasteiger partial charge in [-0.05, 0) is 66.9 Å². The Bertz CT molecular complexity index is 703. The fourth-order valence-electron chi connectivity index (χ4n) is 2.20. The molecule has 0 unspecified atom stereocenters. The van der Waals surface area contributed by atoms with Crippen LogP contribution in [0.4, 0.5) is 0 Å². The minimum atomic E-state index is -0.121. The van der Waals surface area contributed by atoms with Crippen LogP contribution in [0.5, 0.6) is 5.75 Å². The predicted molar refractivity (Wildman–Crippen MR) is 85.7 cm³/mol. The van der Waals surface area contributed by atoms with Gasteiger partial charge in [0.2, 0.25) is 0 Å². The zero-order valence-corrected chi connectivity index (χ0v) is 13.6. The maximum Gasteiger partial charge on any atom is 0.265 e. The lowest BCUT2D eigenvalue weighted by molar-refractivity contribution is 0.242. The molecule has 2 aromatic rings. The molecule has 1 aliphatic rings. The van der Waals surface area contributed by atoms with Crippen molar-refractivity contribution in [1.82, 2.24) is 9.97 Å². The standard InChI is InChI=1S/C16H17BrN2O2/c1-9(2)21-12-7-5-11(6-8-12)15-18-14(10-3-4-10)13(17)16(20)19-15/h5-10H,3-4H2,1-2H3,(H,18,19,20). The fourth-order valence-corrected chi connectivity index (χ4v) is 2.72. The summed E-state index contributed by atoms with van der Waals surface area (Å²) >= 11 is 3.34. The Kier molecular flexibility index (Phi) is 3.85. The summed E-state index contributed by atoms with van der Waals surface area (Å²) < 4.78 is 6.18. The highest BCUT2D eigenvalue weighted by atomic mass is 79.9. The maximum absolute atomic E-state index is 12.0. The minimum absolute atomic E-state index is 0.121. The third kappa shape index (κ3) is 3.18. The maximum atomic E-state index is 12.0. The van der Waals surface area contributed by atoms with E-state index in [0.29, 0.717) is 16.2 Å². The van der Waals surface area contributed by atoms with Crippen molar-refractivity contribution in [2.24, 2.45) is 0 Å². The molecule has 1 fully saturated rings. The molecule has 1 N–H and O–H groups in total. The van der Waals surface area contributed by atoms with E-state index in [-0.39, 0.29) is 11.7 Å². The molecule has 4 nitrogen and oxygen atoms in total. The second-order valence-corrected chi connectivity index (χ2v) is 6.37. The average Bonchev–Trinajstić information content (AvgIpc) is 3.26. The molecule has 0 saturated heterocycles. The number of hydrogen-bond acceptors (Lipinski definition) is 3. The third-order valence-corrected chi connectivity index (χ3v) is 4.12. The van der Waals surface area contributed by atoms with Crippen LogP contribution >= 0.6 is 15.9 Å². The van der Waals surface area contributed by atoms with Crippen LogP contribution in [0.15, 0.2) is 33.5 Å². The van der Waals surface area contributed by atoms with Gasteiger partial charge in [0.1, 0.15) is 16.0 Å². The second kappa shape index (κ2) is 5.64. The van der Waals surface area contributed by atoms with E-state index in [1.807, 2.05) is 38.1 Å². The number of aromatic amines is 1. The number of H-pyrrole nitrogens is 1. The van der Waals surface area contributed by atoms with Crippen LogP contribution in [-0.2, 0) is 0 Å². The number of aromatic nitrogens is 2. The number of halogens is 1.